The van der Waals surface area contributed by atoms with E-state index in [1.54, 1.807) is 0 Å². The minimum atomic E-state index is -0.278. The Balaban J connectivity index is 1.38. The second kappa shape index (κ2) is 9.69. The molecule has 3 heterocycles. The first kappa shape index (κ1) is 26.8. The highest BCUT2D eigenvalue weighted by Gasteiger charge is 2.38. The van der Waals surface area contributed by atoms with Crippen molar-refractivity contribution in [2.24, 2.45) is 4.99 Å². The number of rotatable bonds is 3. The maximum absolute atomic E-state index is 6.55. The first-order valence-electron chi connectivity index (χ1n) is 15.9. The van der Waals surface area contributed by atoms with E-state index in [4.69, 9.17) is 9.41 Å². The Hall–Kier alpha value is -5.61. The summed E-state index contributed by atoms with van der Waals surface area (Å²) in [7, 11) is 0. The number of hydrogen-bond donors (Lipinski definition) is 1. The van der Waals surface area contributed by atoms with Crippen LogP contribution >= 0.6 is 0 Å². The largest absolute Gasteiger partial charge is 0.456 e. The molecule has 2 aliphatic rings. The van der Waals surface area contributed by atoms with Crippen molar-refractivity contribution in [2.75, 3.05) is 5.32 Å². The predicted octanol–water partition coefficient (Wildman–Crippen LogP) is 10.9. The van der Waals surface area contributed by atoms with Crippen LogP contribution < -0.4 is 5.32 Å². The highest BCUT2D eigenvalue weighted by molar-refractivity contribution is 6.14. The second-order valence-corrected chi connectivity index (χ2v) is 12.8. The van der Waals surface area contributed by atoms with Gasteiger partial charge in [-0.3, -0.25) is 4.57 Å². The van der Waals surface area contributed by atoms with E-state index >= 15 is 0 Å². The summed E-state index contributed by atoms with van der Waals surface area (Å²) in [5.74, 6) is 0.776. The van der Waals surface area contributed by atoms with Gasteiger partial charge in [-0.05, 0) is 41.8 Å². The number of aromatic nitrogens is 1. The maximum Gasteiger partial charge on any atom is 0.208 e. The fraction of sp³-hybridized carbons (Fsp3) is 0.119. The summed E-state index contributed by atoms with van der Waals surface area (Å²) >= 11 is 0. The molecular formula is C42H33N3O. The number of allylic oxidation sites excluding steroid dienone is 1. The molecule has 2 aromatic heterocycles. The number of para-hydroxylation sites is 3. The van der Waals surface area contributed by atoms with Crippen molar-refractivity contribution in [1.29, 1.82) is 0 Å². The maximum atomic E-state index is 6.55. The average Bonchev–Trinajstić information content (AvgIpc) is 3.70. The van der Waals surface area contributed by atoms with Gasteiger partial charge in [0.05, 0.1) is 11.2 Å². The Morgan fingerprint density at radius 3 is 2.43 bits per heavy atom. The van der Waals surface area contributed by atoms with E-state index in [0.29, 0.717) is 0 Å². The Kier molecular flexibility index (Phi) is 5.64. The molecule has 0 saturated carbocycles. The van der Waals surface area contributed by atoms with Crippen molar-refractivity contribution in [1.82, 2.24) is 4.57 Å². The van der Waals surface area contributed by atoms with Crippen LogP contribution in [0.15, 0.2) is 125 Å². The molecule has 1 N–H and O–H groups in total. The van der Waals surface area contributed by atoms with E-state index < -0.39 is 0 Å². The molecule has 5 aromatic carbocycles. The number of furan rings is 1. The van der Waals surface area contributed by atoms with E-state index in [0.717, 1.165) is 66.9 Å². The van der Waals surface area contributed by atoms with Crippen molar-refractivity contribution in [2.45, 2.75) is 32.2 Å². The van der Waals surface area contributed by atoms with Crippen LogP contribution in [0.5, 0.6) is 0 Å². The lowest BCUT2D eigenvalue weighted by atomic mass is 9.82. The van der Waals surface area contributed by atoms with Gasteiger partial charge in [0.15, 0.2) is 0 Å². The normalized spacial score (nSPS) is 16.4. The van der Waals surface area contributed by atoms with Gasteiger partial charge in [0, 0.05) is 49.5 Å². The topological polar surface area (TPSA) is 42.5 Å². The Bertz CT molecular complexity index is 2470. The van der Waals surface area contributed by atoms with Crippen LogP contribution in [0.2, 0.25) is 0 Å². The first-order valence-corrected chi connectivity index (χ1v) is 15.9. The van der Waals surface area contributed by atoms with Crippen LogP contribution in [-0.2, 0) is 5.41 Å². The quantitative estimate of drug-likeness (QED) is 0.221. The zero-order valence-corrected chi connectivity index (χ0v) is 26.1. The lowest BCUT2D eigenvalue weighted by Crippen LogP contribution is -2.28. The van der Waals surface area contributed by atoms with Crippen LogP contribution in [-0.4, -0.2) is 10.5 Å². The predicted molar refractivity (Wildman–Crippen MR) is 193 cm³/mol. The molecule has 222 valence electrons. The van der Waals surface area contributed by atoms with Crippen molar-refractivity contribution in [3.8, 4) is 11.1 Å². The van der Waals surface area contributed by atoms with Crippen LogP contribution in [0.3, 0.4) is 0 Å². The molecule has 1 unspecified atom stereocenters. The van der Waals surface area contributed by atoms with Gasteiger partial charge in [0.1, 0.15) is 17.2 Å². The molecule has 1 aliphatic heterocycles. The molecule has 4 nitrogen and oxygen atoms in total. The molecule has 1 atom stereocenters. The second-order valence-electron chi connectivity index (χ2n) is 12.8. The Morgan fingerprint density at radius 2 is 1.57 bits per heavy atom. The van der Waals surface area contributed by atoms with Crippen molar-refractivity contribution in [3.05, 3.63) is 149 Å². The van der Waals surface area contributed by atoms with Gasteiger partial charge in [-0.2, -0.15) is 0 Å². The third kappa shape index (κ3) is 3.53. The Labute approximate surface area is 268 Å². The molecule has 0 amide bonds. The van der Waals surface area contributed by atoms with Crippen molar-refractivity contribution >= 4 is 56.6 Å². The van der Waals surface area contributed by atoms with Gasteiger partial charge in [-0.1, -0.05) is 124 Å². The monoisotopic (exact) mass is 595 g/mol. The summed E-state index contributed by atoms with van der Waals surface area (Å²) in [5.41, 5.74) is 13.3. The summed E-state index contributed by atoms with van der Waals surface area (Å²) in [5, 5.41) is 7.15. The summed E-state index contributed by atoms with van der Waals surface area (Å²) in [6.45, 7) is 11.0. The standard InChI is InChI=1S/C42H33N3O/c1-5-14-35-25(6-2)27-23-24-33-37(29-16-7-10-20-32(29)42(33,3)4)39(27)45(35)41-43-34-21-11-8-17-30(34)38(44-41)31-19-13-18-28-26-15-9-12-22-36(26)46-40(28)31/h5-24,38H,2H2,1,3-4H3,(H,43,44)/b14-5-. The molecule has 46 heavy (non-hydrogen) atoms. The highest BCUT2D eigenvalue weighted by atomic mass is 16.3. The van der Waals surface area contributed by atoms with Gasteiger partial charge in [0.25, 0.3) is 0 Å². The molecular weight excluding hydrogens is 562 g/mol. The highest BCUT2D eigenvalue weighted by Crippen LogP contribution is 2.52. The summed E-state index contributed by atoms with van der Waals surface area (Å²) in [4.78, 5) is 5.58. The number of nitrogens with zero attached hydrogens (tertiary/aromatic N) is 2. The number of hydrogen-bond acceptors (Lipinski definition) is 3. The summed E-state index contributed by atoms with van der Waals surface area (Å²) < 4.78 is 8.87. The fourth-order valence-electron chi connectivity index (χ4n) is 7.89. The average molecular weight is 596 g/mol. The van der Waals surface area contributed by atoms with Gasteiger partial charge in [-0.15, -0.1) is 0 Å². The van der Waals surface area contributed by atoms with Gasteiger partial charge < -0.3 is 9.73 Å². The number of aliphatic imine (C=N–C) groups is 1. The molecule has 1 aliphatic carbocycles. The zero-order chi connectivity index (χ0) is 31.2. The lowest BCUT2D eigenvalue weighted by Gasteiger charge is -2.27. The van der Waals surface area contributed by atoms with Gasteiger partial charge in [-0.25, -0.2) is 4.99 Å². The third-order valence-electron chi connectivity index (χ3n) is 9.97. The minimum Gasteiger partial charge on any atom is -0.456 e. The smallest absolute Gasteiger partial charge is 0.208 e. The van der Waals surface area contributed by atoms with Gasteiger partial charge >= 0.3 is 0 Å². The van der Waals surface area contributed by atoms with Crippen LogP contribution in [0.1, 0.15) is 60.3 Å². The summed E-state index contributed by atoms with van der Waals surface area (Å²) in [6, 6.07) is 36.3. The Morgan fingerprint density at radius 1 is 0.804 bits per heavy atom. The number of fused-ring (bicyclic) bond motifs is 9. The van der Waals surface area contributed by atoms with Gasteiger partial charge in [0.2, 0.25) is 5.96 Å². The van der Waals surface area contributed by atoms with E-state index in [9.17, 15) is 0 Å². The van der Waals surface area contributed by atoms with E-state index in [1.807, 2.05) is 18.2 Å². The molecule has 0 radical (unpaired) electrons. The number of benzene rings is 5. The molecule has 0 spiro atoms. The molecule has 9 rings (SSSR count). The summed E-state index contributed by atoms with van der Waals surface area (Å²) in [6.07, 6.45) is 6.26. The van der Waals surface area contributed by atoms with E-state index in [-0.39, 0.29) is 11.5 Å². The molecule has 0 saturated heterocycles. The van der Waals surface area contributed by atoms with E-state index in [2.05, 4.69) is 140 Å². The van der Waals surface area contributed by atoms with Crippen LogP contribution in [0.25, 0.3) is 56.1 Å². The SMILES string of the molecule is C=Cc1c(/C=C\C)n(C2=NC(c3cccc4c3oc3ccccc34)c3ccccc3N2)c2c3c(ccc12)C(C)(C)c1ccccc1-3. The van der Waals surface area contributed by atoms with Crippen LogP contribution in [0, 0.1) is 0 Å². The van der Waals surface area contributed by atoms with Crippen molar-refractivity contribution in [3.63, 3.8) is 0 Å². The molecule has 0 bridgehead atoms. The zero-order valence-electron chi connectivity index (χ0n) is 26.1. The first-order chi connectivity index (χ1) is 22.5. The van der Waals surface area contributed by atoms with Crippen molar-refractivity contribution < 1.29 is 4.42 Å². The third-order valence-corrected chi connectivity index (χ3v) is 9.97. The van der Waals surface area contributed by atoms with Crippen LogP contribution in [0.4, 0.5) is 5.69 Å². The molecule has 4 heteroatoms. The number of anilines is 1. The number of nitrogens with one attached hydrogen (secondary N) is 1. The van der Waals surface area contributed by atoms with E-state index in [1.165, 1.54) is 22.3 Å². The lowest BCUT2D eigenvalue weighted by molar-refractivity contribution is 0.657. The fourth-order valence-corrected chi connectivity index (χ4v) is 7.89. The minimum absolute atomic E-state index is 0.127. The molecule has 0 fully saturated rings. The molecule has 7 aromatic rings.